The second-order valence-electron chi connectivity index (χ2n) is 17.2. The van der Waals surface area contributed by atoms with E-state index in [9.17, 15) is 22.8 Å². The van der Waals surface area contributed by atoms with Gasteiger partial charge in [0, 0.05) is 84.4 Å². The summed E-state index contributed by atoms with van der Waals surface area (Å²) in [5, 5.41) is 7.62. The van der Waals surface area contributed by atoms with E-state index >= 15 is 0 Å². The van der Waals surface area contributed by atoms with E-state index in [1.165, 1.54) is 21.9 Å². The summed E-state index contributed by atoms with van der Waals surface area (Å²) in [4.78, 5) is 52.1. The lowest BCUT2D eigenvalue weighted by Gasteiger charge is -2.36. The van der Waals surface area contributed by atoms with Crippen LogP contribution in [0.1, 0.15) is 75.7 Å². The highest BCUT2D eigenvalue weighted by molar-refractivity contribution is 7.88. The smallest absolute Gasteiger partial charge is 0.324 e. The molecule has 1 unspecified atom stereocenters. The summed E-state index contributed by atoms with van der Waals surface area (Å²) in [7, 11) is -1.67. The normalized spacial score (nSPS) is 25.7. The van der Waals surface area contributed by atoms with Gasteiger partial charge >= 0.3 is 5.97 Å². The van der Waals surface area contributed by atoms with Gasteiger partial charge in [-0.3, -0.25) is 24.4 Å². The van der Waals surface area contributed by atoms with Gasteiger partial charge in [0.05, 0.1) is 61.5 Å². The molecule has 1 aromatic carbocycles. The molecule has 17 heteroatoms. The van der Waals surface area contributed by atoms with Gasteiger partial charge in [-0.05, 0) is 75.8 Å². The molecular formula is C42H53N7O7S2Si. The van der Waals surface area contributed by atoms with Gasteiger partial charge in [-0.1, -0.05) is 19.9 Å². The van der Waals surface area contributed by atoms with Crippen molar-refractivity contribution in [1.82, 2.24) is 34.6 Å². The van der Waals surface area contributed by atoms with Gasteiger partial charge in [-0.15, -0.1) is 11.3 Å². The van der Waals surface area contributed by atoms with Crippen molar-refractivity contribution >= 4 is 59.6 Å². The van der Waals surface area contributed by atoms with Crippen LogP contribution >= 0.6 is 11.3 Å². The molecule has 8 rings (SSSR count). The van der Waals surface area contributed by atoms with Crippen molar-refractivity contribution in [2.45, 2.75) is 95.6 Å². The van der Waals surface area contributed by atoms with Crippen LogP contribution in [-0.2, 0) is 53.3 Å². The number of piperidine rings is 1. The highest BCUT2D eigenvalue weighted by atomic mass is 32.2. The number of aromatic nitrogens is 3. The van der Waals surface area contributed by atoms with Gasteiger partial charge in [0.15, 0.2) is 0 Å². The Morgan fingerprint density at radius 1 is 1.17 bits per heavy atom. The first-order valence-corrected chi connectivity index (χ1v) is 24.3. The van der Waals surface area contributed by atoms with Crippen LogP contribution in [0.4, 0.5) is 0 Å². The molecule has 2 N–H and O–H groups in total. The molecule has 3 fully saturated rings. The number of hydrogen-bond donors (Lipinski definition) is 2. The van der Waals surface area contributed by atoms with E-state index < -0.39 is 44.1 Å². The van der Waals surface area contributed by atoms with Gasteiger partial charge in [0.25, 0.3) is 0 Å². The molecule has 0 saturated carbocycles. The summed E-state index contributed by atoms with van der Waals surface area (Å²) in [6.45, 7) is 10.2. The maximum absolute atomic E-state index is 14.7. The third-order valence-corrected chi connectivity index (χ3v) is 16.2. The zero-order chi connectivity index (χ0) is 41.9. The molecule has 3 aromatic heterocycles. The fourth-order valence-corrected chi connectivity index (χ4v) is 12.4. The van der Waals surface area contributed by atoms with Crippen LogP contribution in [0, 0.1) is 11.3 Å². The molecular weight excluding hydrogens is 807 g/mol. The predicted octanol–water partition coefficient (Wildman–Crippen LogP) is 4.71. The SMILES string of the molecule is CCn1c(-c2cccnc2[C@H](C)OC)c2c3cc(ccc31)-c1csc(n1)C[C@@]1([Si]C1NC(=O)[C@H]1CCCN(S(C)(=O)=O)C1)C(=O)N1CCC[C@H](N1)C(=O)OCC(C)(C)C2. The predicted molar refractivity (Wildman–Crippen MR) is 227 cm³/mol. The number of methoxy groups -OCH3 is 1. The number of rotatable bonds is 7. The van der Waals surface area contributed by atoms with Crippen molar-refractivity contribution in [3.05, 3.63) is 58.2 Å². The number of carbonyl (C=O) groups is 3. The minimum Gasteiger partial charge on any atom is -0.464 e. The highest BCUT2D eigenvalue weighted by Gasteiger charge is 2.63. The molecule has 2 amide bonds. The van der Waals surface area contributed by atoms with Crippen LogP contribution < -0.4 is 10.7 Å². The van der Waals surface area contributed by atoms with E-state index in [1.54, 1.807) is 18.3 Å². The van der Waals surface area contributed by atoms with Crippen molar-refractivity contribution in [2.24, 2.45) is 11.3 Å². The second-order valence-corrected chi connectivity index (χ2v) is 21.9. The third kappa shape index (κ3) is 8.13. The molecule has 3 saturated heterocycles. The van der Waals surface area contributed by atoms with Crippen molar-refractivity contribution < 1.29 is 32.3 Å². The van der Waals surface area contributed by atoms with Gasteiger partial charge in [-0.25, -0.2) is 23.1 Å². The summed E-state index contributed by atoms with van der Waals surface area (Å²) in [5.41, 5.74) is 9.13. The molecule has 4 aromatic rings. The molecule has 0 aliphatic carbocycles. The van der Waals surface area contributed by atoms with E-state index in [-0.39, 0.29) is 40.6 Å². The lowest BCUT2D eigenvalue weighted by atomic mass is 9.84. The molecule has 1 spiro atoms. The second kappa shape index (κ2) is 16.1. The molecule has 4 aliphatic rings. The van der Waals surface area contributed by atoms with E-state index in [0.29, 0.717) is 58.2 Å². The Hall–Kier alpha value is -4.00. The number of benzene rings is 1. The summed E-state index contributed by atoms with van der Waals surface area (Å²) in [6, 6.07) is 9.80. The number of pyridine rings is 1. The zero-order valence-electron chi connectivity index (χ0n) is 34.5. The number of thiazole rings is 1. The Bertz CT molecular complexity index is 2400. The number of sulfonamides is 1. The Balaban J connectivity index is 1.19. The number of nitrogens with one attached hydrogen (secondary N) is 2. The van der Waals surface area contributed by atoms with Gasteiger partial charge in [0.2, 0.25) is 21.8 Å². The summed E-state index contributed by atoms with van der Waals surface area (Å²) < 4.78 is 40.2. The first-order chi connectivity index (χ1) is 28.1. The van der Waals surface area contributed by atoms with E-state index in [1.807, 2.05) is 18.4 Å². The number of amides is 2. The Morgan fingerprint density at radius 2 is 1.97 bits per heavy atom. The first kappa shape index (κ1) is 41.7. The topological polar surface area (TPSA) is 165 Å². The number of carbonyl (C=O) groups excluding carboxylic acids is 3. The van der Waals surface area contributed by atoms with E-state index in [2.05, 4.69) is 60.3 Å². The van der Waals surface area contributed by atoms with Crippen molar-refractivity contribution in [3.8, 4) is 22.5 Å². The maximum Gasteiger partial charge on any atom is 0.324 e. The van der Waals surface area contributed by atoms with E-state index in [4.69, 9.17) is 19.4 Å². The van der Waals surface area contributed by atoms with Crippen LogP contribution in [0.25, 0.3) is 33.4 Å². The quantitative estimate of drug-likeness (QED) is 0.197. The Labute approximate surface area is 352 Å². The average Bonchev–Trinajstić information content (AvgIpc) is 3.54. The lowest BCUT2D eigenvalue weighted by Crippen LogP contribution is -2.57. The summed E-state index contributed by atoms with van der Waals surface area (Å²) >= 11 is 1.49. The number of hydrogen-bond acceptors (Lipinski definition) is 11. The zero-order valence-corrected chi connectivity index (χ0v) is 37.2. The fraction of sp³-hybridized carbons (Fsp3) is 0.548. The van der Waals surface area contributed by atoms with E-state index in [0.717, 1.165) is 49.7 Å². The number of fused-ring (bicyclic) bond motifs is 6. The minimum absolute atomic E-state index is 0.0782. The fourth-order valence-electron chi connectivity index (χ4n) is 8.96. The monoisotopic (exact) mass is 859 g/mol. The van der Waals surface area contributed by atoms with Crippen LogP contribution in [0.15, 0.2) is 41.9 Å². The highest BCUT2D eigenvalue weighted by Crippen LogP contribution is 2.51. The van der Waals surface area contributed by atoms with Gasteiger partial charge in [-0.2, -0.15) is 0 Å². The van der Waals surface area contributed by atoms with Crippen LogP contribution in [0.2, 0.25) is 5.04 Å². The number of ether oxygens (including phenoxy) is 2. The largest absolute Gasteiger partial charge is 0.464 e. The molecule has 7 heterocycles. The molecule has 14 nitrogen and oxygen atoms in total. The van der Waals surface area contributed by atoms with Crippen molar-refractivity contribution in [3.63, 3.8) is 0 Å². The number of cyclic esters (lactones) is 1. The van der Waals surface area contributed by atoms with Gasteiger partial charge < -0.3 is 19.4 Å². The molecule has 2 radical (unpaired) electrons. The average molecular weight is 860 g/mol. The van der Waals surface area contributed by atoms with Crippen molar-refractivity contribution in [1.29, 1.82) is 0 Å². The summed E-state index contributed by atoms with van der Waals surface area (Å²) in [5.74, 6) is -1.34. The number of esters is 1. The molecule has 6 bridgehead atoms. The first-order valence-electron chi connectivity index (χ1n) is 20.5. The number of aryl methyl sites for hydroxylation is 1. The maximum atomic E-state index is 14.7. The lowest BCUT2D eigenvalue weighted by molar-refractivity contribution is -0.155. The Kier molecular flexibility index (Phi) is 11.4. The molecule has 314 valence electrons. The number of nitrogens with zero attached hydrogens (tertiary/aromatic N) is 5. The minimum atomic E-state index is -3.44. The summed E-state index contributed by atoms with van der Waals surface area (Å²) in [6.07, 6.45) is 5.93. The van der Waals surface area contributed by atoms with Crippen LogP contribution in [0.5, 0.6) is 0 Å². The van der Waals surface area contributed by atoms with Crippen LogP contribution in [0.3, 0.4) is 0 Å². The Morgan fingerprint density at radius 3 is 2.73 bits per heavy atom. The standard InChI is InChI=1S/C42H53N7O7S2Si/c1-7-48-33-15-14-26-19-29(33)30(36(48)28-12-8-16-43-35(28)25(2)55-5)20-41(3,4)24-56-38(51)31-13-10-18-49(46-31)40(52)42(21-34-44-32(26)23-57-34)39(59-42)45-37(50)27-11-9-17-47(22-27)58(6,53)54/h8,12,14-16,19,23,25,27,31,39,46H,7,9-11,13,17-18,20-22,24H2,1-6H3,(H,45,50)/t25-,27-,31-,39?,42-/m0/s1. The molecule has 59 heavy (non-hydrogen) atoms. The van der Waals surface area contributed by atoms with Gasteiger partial charge in [0.1, 0.15) is 6.04 Å². The van der Waals surface area contributed by atoms with Crippen LogP contribution in [-0.4, -0.2) is 111 Å². The molecule has 4 aliphatic heterocycles. The number of hydrazine groups is 1. The van der Waals surface area contributed by atoms with Crippen molar-refractivity contribution in [2.75, 3.05) is 39.6 Å². The molecule has 5 atom stereocenters. The third-order valence-electron chi connectivity index (χ3n) is 12.3.